The van der Waals surface area contributed by atoms with Gasteiger partial charge in [-0.05, 0) is 68.8 Å². The summed E-state index contributed by atoms with van der Waals surface area (Å²) in [6.45, 7) is 2.18. The fraction of sp³-hybridized carbons (Fsp3) is 0.440. The third kappa shape index (κ3) is 5.28. The summed E-state index contributed by atoms with van der Waals surface area (Å²) in [5.74, 6) is 2.50. The molecule has 30 heavy (non-hydrogen) atoms. The van der Waals surface area contributed by atoms with Gasteiger partial charge in [0, 0.05) is 25.5 Å². The molecular formula is C25H33N5. The average Bonchev–Trinajstić information content (AvgIpc) is 2.78. The van der Waals surface area contributed by atoms with E-state index in [4.69, 9.17) is 9.97 Å². The van der Waals surface area contributed by atoms with Gasteiger partial charge in [0.1, 0.15) is 5.82 Å². The Hall–Kier alpha value is -2.66. The van der Waals surface area contributed by atoms with Crippen LogP contribution in [0.3, 0.4) is 0 Å². The van der Waals surface area contributed by atoms with Crippen LogP contribution < -0.4 is 15.5 Å². The SMILES string of the molecule is CN(C)c1nc(N[C@H]2CC[C@@H](CNCCc3ccccc3)CC2)nc2ccccc12. The van der Waals surface area contributed by atoms with Gasteiger partial charge >= 0.3 is 0 Å². The molecule has 1 heterocycles. The minimum absolute atomic E-state index is 0.460. The van der Waals surface area contributed by atoms with Crippen LogP contribution in [-0.2, 0) is 6.42 Å². The van der Waals surface area contributed by atoms with Crippen LogP contribution in [0.2, 0.25) is 0 Å². The predicted octanol–water partition coefficient (Wildman–Crippen LogP) is 4.50. The van der Waals surface area contributed by atoms with Crippen molar-refractivity contribution in [3.63, 3.8) is 0 Å². The van der Waals surface area contributed by atoms with Gasteiger partial charge in [-0.15, -0.1) is 0 Å². The van der Waals surface area contributed by atoms with Gasteiger partial charge in [-0.1, -0.05) is 42.5 Å². The van der Waals surface area contributed by atoms with Crippen molar-refractivity contribution in [2.75, 3.05) is 37.4 Å². The Morgan fingerprint density at radius 2 is 1.63 bits per heavy atom. The maximum absolute atomic E-state index is 4.79. The van der Waals surface area contributed by atoms with Crippen molar-refractivity contribution in [2.45, 2.75) is 38.1 Å². The molecule has 0 radical (unpaired) electrons. The standard InChI is InChI=1S/C25H33N5/c1-30(2)24-22-10-6-7-11-23(22)28-25(29-24)27-21-14-12-20(13-15-21)18-26-17-16-19-8-4-3-5-9-19/h3-11,20-21,26H,12-18H2,1-2H3,(H,27,28,29)/t20-,21+. The molecule has 2 N–H and O–H groups in total. The van der Waals surface area contributed by atoms with Gasteiger partial charge in [0.2, 0.25) is 5.95 Å². The van der Waals surface area contributed by atoms with Gasteiger partial charge < -0.3 is 15.5 Å². The summed E-state index contributed by atoms with van der Waals surface area (Å²) in [5, 5.41) is 8.36. The Balaban J connectivity index is 1.26. The highest BCUT2D eigenvalue weighted by Gasteiger charge is 2.22. The molecule has 1 aliphatic rings. The maximum Gasteiger partial charge on any atom is 0.225 e. The smallest absolute Gasteiger partial charge is 0.225 e. The fourth-order valence-electron chi connectivity index (χ4n) is 4.34. The number of rotatable bonds is 8. The molecule has 0 atom stereocenters. The molecule has 0 aliphatic heterocycles. The monoisotopic (exact) mass is 403 g/mol. The lowest BCUT2D eigenvalue weighted by atomic mass is 9.86. The number of nitrogens with one attached hydrogen (secondary N) is 2. The van der Waals surface area contributed by atoms with E-state index in [2.05, 4.69) is 58.0 Å². The van der Waals surface area contributed by atoms with Crippen molar-refractivity contribution in [3.05, 3.63) is 60.2 Å². The normalized spacial score (nSPS) is 19.0. The molecule has 0 spiro atoms. The third-order valence-corrected chi connectivity index (χ3v) is 6.05. The number of hydrogen-bond donors (Lipinski definition) is 2. The molecule has 0 amide bonds. The van der Waals surface area contributed by atoms with E-state index in [0.717, 1.165) is 48.1 Å². The number of anilines is 2. The lowest BCUT2D eigenvalue weighted by Gasteiger charge is -2.29. The zero-order valence-electron chi connectivity index (χ0n) is 18.1. The summed E-state index contributed by atoms with van der Waals surface area (Å²) < 4.78 is 0. The molecule has 0 saturated heterocycles. The molecule has 1 fully saturated rings. The summed E-state index contributed by atoms with van der Waals surface area (Å²) in [5.41, 5.74) is 2.40. The quantitative estimate of drug-likeness (QED) is 0.543. The van der Waals surface area contributed by atoms with Crippen molar-refractivity contribution in [1.29, 1.82) is 0 Å². The van der Waals surface area contributed by atoms with Gasteiger partial charge in [0.05, 0.1) is 5.52 Å². The molecule has 1 saturated carbocycles. The van der Waals surface area contributed by atoms with E-state index >= 15 is 0 Å². The average molecular weight is 404 g/mol. The highest BCUT2D eigenvalue weighted by molar-refractivity contribution is 5.90. The molecule has 2 aromatic carbocycles. The number of fused-ring (bicyclic) bond motifs is 1. The highest BCUT2D eigenvalue weighted by atomic mass is 15.2. The van der Waals surface area contributed by atoms with Gasteiger partial charge in [-0.3, -0.25) is 0 Å². The number of nitrogens with zero attached hydrogens (tertiary/aromatic N) is 3. The molecule has 158 valence electrons. The summed E-state index contributed by atoms with van der Waals surface area (Å²) in [6, 6.07) is 19.4. The molecule has 5 heteroatoms. The lowest BCUT2D eigenvalue weighted by molar-refractivity contribution is 0.325. The van der Waals surface area contributed by atoms with E-state index in [0.29, 0.717) is 6.04 Å². The van der Waals surface area contributed by atoms with Crippen molar-refractivity contribution in [1.82, 2.24) is 15.3 Å². The molecular weight excluding hydrogens is 370 g/mol. The van der Waals surface area contributed by atoms with Gasteiger partial charge in [0.15, 0.2) is 0 Å². The van der Waals surface area contributed by atoms with Crippen molar-refractivity contribution >= 4 is 22.7 Å². The zero-order valence-corrected chi connectivity index (χ0v) is 18.1. The van der Waals surface area contributed by atoms with Crippen LogP contribution in [0.25, 0.3) is 10.9 Å². The molecule has 0 unspecified atom stereocenters. The van der Waals surface area contributed by atoms with Crippen LogP contribution in [0.1, 0.15) is 31.2 Å². The zero-order chi connectivity index (χ0) is 20.8. The fourth-order valence-corrected chi connectivity index (χ4v) is 4.34. The Bertz CT molecular complexity index is 933. The van der Waals surface area contributed by atoms with Gasteiger partial charge in [-0.2, -0.15) is 4.98 Å². The Kier molecular flexibility index (Phi) is 6.80. The highest BCUT2D eigenvalue weighted by Crippen LogP contribution is 2.28. The third-order valence-electron chi connectivity index (χ3n) is 6.05. The van der Waals surface area contributed by atoms with E-state index < -0.39 is 0 Å². The van der Waals surface area contributed by atoms with E-state index in [1.54, 1.807) is 0 Å². The predicted molar refractivity (Wildman–Crippen MR) is 126 cm³/mol. The van der Waals surface area contributed by atoms with Crippen LogP contribution in [0, 0.1) is 5.92 Å². The second-order valence-corrected chi connectivity index (χ2v) is 8.58. The maximum atomic E-state index is 4.79. The van der Waals surface area contributed by atoms with E-state index in [1.165, 1.54) is 31.2 Å². The lowest BCUT2D eigenvalue weighted by Crippen LogP contribution is -2.32. The molecule has 1 aromatic heterocycles. The van der Waals surface area contributed by atoms with Crippen LogP contribution in [0.5, 0.6) is 0 Å². The minimum Gasteiger partial charge on any atom is -0.362 e. The van der Waals surface area contributed by atoms with Crippen molar-refractivity contribution < 1.29 is 0 Å². The molecule has 3 aromatic rings. The van der Waals surface area contributed by atoms with Crippen LogP contribution in [0.15, 0.2) is 54.6 Å². The van der Waals surface area contributed by atoms with E-state index in [-0.39, 0.29) is 0 Å². The topological polar surface area (TPSA) is 53.1 Å². The first-order valence-electron chi connectivity index (χ1n) is 11.1. The number of aromatic nitrogens is 2. The number of benzene rings is 2. The van der Waals surface area contributed by atoms with Gasteiger partial charge in [0.25, 0.3) is 0 Å². The van der Waals surface area contributed by atoms with E-state index in [9.17, 15) is 0 Å². The minimum atomic E-state index is 0.460. The first kappa shape index (κ1) is 20.6. The first-order chi connectivity index (χ1) is 14.7. The molecule has 1 aliphatic carbocycles. The molecule has 5 nitrogen and oxygen atoms in total. The second-order valence-electron chi connectivity index (χ2n) is 8.58. The molecule has 4 rings (SSSR count). The van der Waals surface area contributed by atoms with Gasteiger partial charge in [-0.25, -0.2) is 4.98 Å². The van der Waals surface area contributed by atoms with Crippen molar-refractivity contribution in [2.24, 2.45) is 5.92 Å². The Morgan fingerprint density at radius 1 is 0.900 bits per heavy atom. The van der Waals surface area contributed by atoms with Crippen LogP contribution in [-0.4, -0.2) is 43.2 Å². The number of para-hydroxylation sites is 1. The second kappa shape index (κ2) is 9.90. The van der Waals surface area contributed by atoms with Crippen molar-refractivity contribution in [3.8, 4) is 0 Å². The summed E-state index contributed by atoms with van der Waals surface area (Å²) in [4.78, 5) is 11.6. The summed E-state index contributed by atoms with van der Waals surface area (Å²) >= 11 is 0. The summed E-state index contributed by atoms with van der Waals surface area (Å²) in [7, 11) is 4.07. The van der Waals surface area contributed by atoms with Crippen LogP contribution in [0.4, 0.5) is 11.8 Å². The Morgan fingerprint density at radius 3 is 2.40 bits per heavy atom. The molecule has 0 bridgehead atoms. The summed E-state index contributed by atoms with van der Waals surface area (Å²) in [6.07, 6.45) is 5.97. The largest absolute Gasteiger partial charge is 0.362 e. The number of hydrogen-bond acceptors (Lipinski definition) is 5. The Labute approximate surface area is 179 Å². The van der Waals surface area contributed by atoms with E-state index in [1.807, 2.05) is 26.2 Å². The van der Waals surface area contributed by atoms with Crippen LogP contribution >= 0.6 is 0 Å². The first-order valence-corrected chi connectivity index (χ1v) is 11.1.